The highest BCUT2D eigenvalue weighted by atomic mass is 32.2. The lowest BCUT2D eigenvalue weighted by molar-refractivity contribution is -0.119. The van der Waals surface area contributed by atoms with Crippen molar-refractivity contribution in [2.75, 3.05) is 18.0 Å². The number of nitrogens with one attached hydrogen (secondary N) is 1. The number of tetrazole rings is 1. The Morgan fingerprint density at radius 3 is 2.72 bits per heavy atom. The molecule has 2 heterocycles. The number of carbonyl (C=O) groups excluding carboxylic acids is 2. The van der Waals surface area contributed by atoms with Gasteiger partial charge in [0.15, 0.2) is 0 Å². The summed E-state index contributed by atoms with van der Waals surface area (Å²) in [5, 5.41) is 14.7. The van der Waals surface area contributed by atoms with Crippen LogP contribution in [0.2, 0.25) is 0 Å². The smallest absolute Gasteiger partial charge is 0.414 e. The van der Waals surface area contributed by atoms with Gasteiger partial charge in [-0.3, -0.25) is 9.69 Å². The average molecular weight is 457 g/mol. The predicted molar refractivity (Wildman–Crippen MR) is 116 cm³/mol. The molecule has 0 saturated carbocycles. The number of anilines is 1. The Kier molecular flexibility index (Phi) is 6.35. The van der Waals surface area contributed by atoms with Crippen LogP contribution in [0.4, 0.5) is 14.9 Å². The predicted octanol–water partition coefficient (Wildman–Crippen LogP) is 2.77. The molecule has 2 amide bonds. The third-order valence-electron chi connectivity index (χ3n) is 4.93. The van der Waals surface area contributed by atoms with Crippen LogP contribution in [0.1, 0.15) is 12.5 Å². The maximum absolute atomic E-state index is 14.9. The second-order valence-electron chi connectivity index (χ2n) is 7.29. The first-order chi connectivity index (χ1) is 15.4. The summed E-state index contributed by atoms with van der Waals surface area (Å²) in [5.74, 6) is 0.0465. The fourth-order valence-corrected chi connectivity index (χ4v) is 4.08. The summed E-state index contributed by atoms with van der Waals surface area (Å²) in [6.45, 7) is 1.85. The monoisotopic (exact) mass is 456 g/mol. The molecule has 9 nitrogen and oxygen atoms in total. The molecule has 0 spiro atoms. The van der Waals surface area contributed by atoms with Crippen molar-refractivity contribution in [3.05, 3.63) is 53.8 Å². The van der Waals surface area contributed by atoms with E-state index < -0.39 is 18.0 Å². The highest BCUT2D eigenvalue weighted by Crippen LogP contribution is 2.30. The maximum Gasteiger partial charge on any atom is 0.414 e. The summed E-state index contributed by atoms with van der Waals surface area (Å²) >= 11 is 1.51. The van der Waals surface area contributed by atoms with Gasteiger partial charge >= 0.3 is 6.09 Å². The molecule has 1 aliphatic rings. The molecule has 32 heavy (non-hydrogen) atoms. The summed E-state index contributed by atoms with van der Waals surface area (Å²) in [6.07, 6.45) is -1.04. The SMILES string of the molecule is CC(=O)NC[C@H]1CN(c2ccc(-c3ccc(CSc4nnnn4C)cc3)c(F)c2)C(=O)O1. The number of benzene rings is 2. The molecule has 1 N–H and O–H groups in total. The Hall–Kier alpha value is -3.47. The number of rotatable bonds is 7. The minimum absolute atomic E-state index is 0.204. The van der Waals surface area contributed by atoms with E-state index in [1.54, 1.807) is 23.9 Å². The normalized spacial score (nSPS) is 15.7. The van der Waals surface area contributed by atoms with E-state index in [1.807, 2.05) is 24.3 Å². The molecule has 2 aromatic carbocycles. The number of hydrogen-bond donors (Lipinski definition) is 1. The largest absolute Gasteiger partial charge is 0.442 e. The van der Waals surface area contributed by atoms with E-state index in [-0.39, 0.29) is 19.0 Å². The van der Waals surface area contributed by atoms with Gasteiger partial charge < -0.3 is 10.1 Å². The van der Waals surface area contributed by atoms with Crippen LogP contribution in [0, 0.1) is 5.82 Å². The molecule has 1 atom stereocenters. The van der Waals surface area contributed by atoms with Crippen molar-refractivity contribution < 1.29 is 18.7 Å². The summed E-state index contributed by atoms with van der Waals surface area (Å²) < 4.78 is 21.7. The molecule has 0 bridgehead atoms. The standard InChI is InChI=1S/C21H21FN6O3S/c1-13(29)23-10-17-11-28(21(30)31-17)16-7-8-18(19(22)9-16)15-5-3-14(4-6-15)12-32-20-24-25-26-27(20)2/h3-9,17H,10-12H2,1-2H3,(H,23,29)/t17-/m0/s1. The van der Waals surface area contributed by atoms with Crippen molar-refractivity contribution in [1.82, 2.24) is 25.5 Å². The number of thioether (sulfide) groups is 1. The minimum atomic E-state index is -0.563. The van der Waals surface area contributed by atoms with Crippen LogP contribution in [-0.2, 0) is 22.3 Å². The summed E-state index contributed by atoms with van der Waals surface area (Å²) in [7, 11) is 1.78. The van der Waals surface area contributed by atoms with Gasteiger partial charge in [0.05, 0.1) is 18.8 Å². The number of ether oxygens (including phenoxy) is 1. The topological polar surface area (TPSA) is 102 Å². The lowest BCUT2D eigenvalue weighted by atomic mass is 10.0. The van der Waals surface area contributed by atoms with Crippen molar-refractivity contribution in [3.8, 4) is 11.1 Å². The molecule has 0 unspecified atom stereocenters. The number of aryl methyl sites for hydroxylation is 1. The van der Waals surface area contributed by atoms with Crippen LogP contribution >= 0.6 is 11.8 Å². The minimum Gasteiger partial charge on any atom is -0.442 e. The number of cyclic esters (lactones) is 1. The maximum atomic E-state index is 14.9. The molecule has 0 aliphatic carbocycles. The Morgan fingerprint density at radius 1 is 1.28 bits per heavy atom. The van der Waals surface area contributed by atoms with Crippen molar-refractivity contribution in [1.29, 1.82) is 0 Å². The summed E-state index contributed by atoms with van der Waals surface area (Å²) in [5.41, 5.74) is 2.64. The number of halogens is 1. The van der Waals surface area contributed by atoms with E-state index in [0.29, 0.717) is 17.0 Å². The highest BCUT2D eigenvalue weighted by Gasteiger charge is 2.32. The van der Waals surface area contributed by atoms with Crippen LogP contribution in [0.3, 0.4) is 0 Å². The van der Waals surface area contributed by atoms with Gasteiger partial charge in [-0.1, -0.05) is 36.0 Å². The second kappa shape index (κ2) is 9.35. The van der Waals surface area contributed by atoms with E-state index in [4.69, 9.17) is 4.74 Å². The molecular formula is C21H21FN6O3S. The average Bonchev–Trinajstić information content (AvgIpc) is 3.36. The molecule has 0 radical (unpaired) electrons. The number of hydrogen-bond acceptors (Lipinski definition) is 7. The molecule has 1 aromatic heterocycles. The third-order valence-corrected chi connectivity index (χ3v) is 6.01. The van der Waals surface area contributed by atoms with E-state index >= 15 is 0 Å². The van der Waals surface area contributed by atoms with Gasteiger partial charge in [0.25, 0.3) is 0 Å². The number of nitrogens with zero attached hydrogens (tertiary/aromatic N) is 5. The fraction of sp³-hybridized carbons (Fsp3) is 0.286. The van der Waals surface area contributed by atoms with E-state index in [2.05, 4.69) is 20.8 Å². The van der Waals surface area contributed by atoms with Gasteiger partial charge in [0.2, 0.25) is 11.1 Å². The highest BCUT2D eigenvalue weighted by molar-refractivity contribution is 7.98. The molecular weight excluding hydrogens is 435 g/mol. The Morgan fingerprint density at radius 2 is 2.06 bits per heavy atom. The molecule has 11 heteroatoms. The number of amides is 2. The molecule has 1 aliphatic heterocycles. The van der Waals surface area contributed by atoms with Crippen molar-refractivity contribution in [2.45, 2.75) is 23.9 Å². The Balaban J connectivity index is 1.42. The first kappa shape index (κ1) is 21.8. The molecule has 1 fully saturated rings. The molecule has 166 valence electrons. The van der Waals surface area contributed by atoms with Crippen molar-refractivity contribution >= 4 is 29.4 Å². The summed E-state index contributed by atoms with van der Waals surface area (Å²) in [4.78, 5) is 24.6. The first-order valence-electron chi connectivity index (χ1n) is 9.87. The zero-order chi connectivity index (χ0) is 22.7. The van der Waals surface area contributed by atoms with Gasteiger partial charge in [-0.15, -0.1) is 5.10 Å². The van der Waals surface area contributed by atoms with Crippen LogP contribution in [0.5, 0.6) is 0 Å². The van der Waals surface area contributed by atoms with Crippen LogP contribution < -0.4 is 10.2 Å². The van der Waals surface area contributed by atoms with E-state index in [1.165, 1.54) is 29.7 Å². The fourth-order valence-electron chi connectivity index (χ4n) is 3.27. The molecule has 4 rings (SSSR count). The zero-order valence-corrected chi connectivity index (χ0v) is 18.3. The van der Waals surface area contributed by atoms with Crippen LogP contribution in [0.25, 0.3) is 11.1 Å². The third kappa shape index (κ3) is 4.88. The van der Waals surface area contributed by atoms with Gasteiger partial charge in [0, 0.05) is 25.3 Å². The van der Waals surface area contributed by atoms with Gasteiger partial charge in [-0.25, -0.2) is 13.9 Å². The molecule has 1 saturated heterocycles. The van der Waals surface area contributed by atoms with Crippen LogP contribution in [0.15, 0.2) is 47.6 Å². The van der Waals surface area contributed by atoms with Gasteiger partial charge in [0.1, 0.15) is 11.9 Å². The Bertz CT molecular complexity index is 1140. The van der Waals surface area contributed by atoms with Gasteiger partial charge in [-0.2, -0.15) is 0 Å². The van der Waals surface area contributed by atoms with Crippen LogP contribution in [-0.4, -0.2) is 51.4 Å². The quantitative estimate of drug-likeness (QED) is 0.546. The Labute approximate surface area is 187 Å². The van der Waals surface area contributed by atoms with Gasteiger partial charge in [-0.05, 0) is 39.8 Å². The number of aromatic nitrogens is 4. The summed E-state index contributed by atoms with van der Waals surface area (Å²) in [6, 6.07) is 12.2. The first-order valence-corrected chi connectivity index (χ1v) is 10.9. The second-order valence-corrected chi connectivity index (χ2v) is 8.23. The molecule has 3 aromatic rings. The van der Waals surface area contributed by atoms with E-state index in [0.717, 1.165) is 16.3 Å². The van der Waals surface area contributed by atoms with Crippen molar-refractivity contribution in [2.24, 2.45) is 7.05 Å². The lowest BCUT2D eigenvalue weighted by Crippen LogP contribution is -2.33. The number of carbonyl (C=O) groups is 2. The van der Waals surface area contributed by atoms with Crippen molar-refractivity contribution in [3.63, 3.8) is 0 Å². The zero-order valence-electron chi connectivity index (χ0n) is 17.5. The lowest BCUT2D eigenvalue weighted by Gasteiger charge is -2.14. The van der Waals surface area contributed by atoms with E-state index in [9.17, 15) is 14.0 Å².